The van der Waals surface area contributed by atoms with E-state index >= 15 is 0 Å². The number of hydrogen-bond acceptors (Lipinski definition) is 2. The molecule has 0 saturated carbocycles. The van der Waals surface area contributed by atoms with E-state index in [1.54, 1.807) is 12.1 Å². The molecule has 2 aromatic carbocycles. The van der Waals surface area contributed by atoms with Crippen LogP contribution in [0.4, 0.5) is 4.39 Å². The Hall–Kier alpha value is -1.87. The second-order valence-corrected chi connectivity index (χ2v) is 5.39. The fourth-order valence-corrected chi connectivity index (χ4v) is 2.27. The summed E-state index contributed by atoms with van der Waals surface area (Å²) in [6, 6.07) is 14.7. The van der Waals surface area contributed by atoms with Crippen molar-refractivity contribution in [2.45, 2.75) is 39.3 Å². The molecule has 2 nitrogen and oxygen atoms in total. The lowest BCUT2D eigenvalue weighted by Crippen LogP contribution is -2.13. The largest absolute Gasteiger partial charge is 0.493 e. The molecule has 118 valence electrons. The normalized spacial score (nSPS) is 10.6. The zero-order valence-corrected chi connectivity index (χ0v) is 13.1. The molecule has 0 amide bonds. The molecular formula is C19H24FNO. The van der Waals surface area contributed by atoms with Crippen LogP contribution >= 0.6 is 0 Å². The fourth-order valence-electron chi connectivity index (χ4n) is 2.27. The molecule has 0 aliphatic heterocycles. The molecule has 22 heavy (non-hydrogen) atoms. The molecule has 2 rings (SSSR count). The first-order valence-electron chi connectivity index (χ1n) is 7.95. The Kier molecular flexibility index (Phi) is 6.91. The maximum atomic E-state index is 12.9. The molecular weight excluding hydrogens is 277 g/mol. The third kappa shape index (κ3) is 5.49. The number of nitrogens with one attached hydrogen (secondary N) is 1. The van der Waals surface area contributed by atoms with Gasteiger partial charge in [-0.3, -0.25) is 0 Å². The molecule has 0 unspecified atom stereocenters. The zero-order chi connectivity index (χ0) is 15.6. The van der Waals surface area contributed by atoms with E-state index in [0.29, 0.717) is 6.54 Å². The quantitative estimate of drug-likeness (QED) is 0.679. The van der Waals surface area contributed by atoms with Gasteiger partial charge in [0.2, 0.25) is 0 Å². The van der Waals surface area contributed by atoms with Gasteiger partial charge in [-0.15, -0.1) is 0 Å². The van der Waals surface area contributed by atoms with Gasteiger partial charge >= 0.3 is 0 Å². The number of unbranched alkanes of at least 4 members (excludes halogenated alkanes) is 2. The Balaban J connectivity index is 1.82. The summed E-state index contributed by atoms with van der Waals surface area (Å²) >= 11 is 0. The van der Waals surface area contributed by atoms with E-state index in [-0.39, 0.29) is 5.82 Å². The molecule has 0 saturated heterocycles. The van der Waals surface area contributed by atoms with E-state index < -0.39 is 0 Å². The molecule has 1 N–H and O–H groups in total. The summed E-state index contributed by atoms with van der Waals surface area (Å²) in [7, 11) is 0. The van der Waals surface area contributed by atoms with Crippen LogP contribution in [-0.2, 0) is 13.1 Å². The summed E-state index contributed by atoms with van der Waals surface area (Å²) in [4.78, 5) is 0. The molecule has 0 heterocycles. The van der Waals surface area contributed by atoms with Gasteiger partial charge < -0.3 is 10.1 Å². The van der Waals surface area contributed by atoms with Crippen molar-refractivity contribution in [3.8, 4) is 5.75 Å². The summed E-state index contributed by atoms with van der Waals surface area (Å²) in [6.45, 7) is 4.40. The van der Waals surface area contributed by atoms with E-state index in [4.69, 9.17) is 4.74 Å². The summed E-state index contributed by atoms with van der Waals surface area (Å²) in [6.07, 6.45) is 3.49. The van der Waals surface area contributed by atoms with Gasteiger partial charge in [-0.2, -0.15) is 0 Å². The minimum atomic E-state index is -0.199. The monoisotopic (exact) mass is 301 g/mol. The second-order valence-electron chi connectivity index (χ2n) is 5.39. The molecule has 0 fully saturated rings. The number of halogens is 1. The topological polar surface area (TPSA) is 21.3 Å². The summed E-state index contributed by atoms with van der Waals surface area (Å²) in [5.74, 6) is 0.750. The van der Waals surface area contributed by atoms with Crippen LogP contribution in [0.1, 0.15) is 37.3 Å². The lowest BCUT2D eigenvalue weighted by molar-refractivity contribution is 0.302. The smallest absolute Gasteiger partial charge is 0.123 e. The van der Waals surface area contributed by atoms with Gasteiger partial charge in [-0.25, -0.2) is 4.39 Å². The van der Waals surface area contributed by atoms with Crippen LogP contribution in [0.2, 0.25) is 0 Å². The average Bonchev–Trinajstić information content (AvgIpc) is 2.55. The van der Waals surface area contributed by atoms with Crippen LogP contribution in [0.3, 0.4) is 0 Å². The van der Waals surface area contributed by atoms with E-state index in [9.17, 15) is 4.39 Å². The second kappa shape index (κ2) is 9.21. The maximum Gasteiger partial charge on any atom is 0.123 e. The summed E-state index contributed by atoms with van der Waals surface area (Å²) in [5.41, 5.74) is 2.23. The van der Waals surface area contributed by atoms with Crippen LogP contribution in [-0.4, -0.2) is 6.61 Å². The SMILES string of the molecule is CCCCCOc1ccccc1CNCc1ccc(F)cc1. The van der Waals surface area contributed by atoms with Crippen molar-refractivity contribution in [1.29, 1.82) is 0 Å². The van der Waals surface area contributed by atoms with Crippen molar-refractivity contribution in [3.63, 3.8) is 0 Å². The number of ether oxygens (including phenoxy) is 1. The highest BCUT2D eigenvalue weighted by Gasteiger charge is 2.03. The highest BCUT2D eigenvalue weighted by molar-refractivity contribution is 5.33. The van der Waals surface area contributed by atoms with Crippen molar-refractivity contribution in [3.05, 3.63) is 65.5 Å². The van der Waals surface area contributed by atoms with Gasteiger partial charge in [0.1, 0.15) is 11.6 Å². The standard InChI is InChI=1S/C19H24FNO/c1-2-3-6-13-22-19-8-5-4-7-17(19)15-21-14-16-9-11-18(20)12-10-16/h4-5,7-12,21H,2-3,6,13-15H2,1H3. The molecule has 3 heteroatoms. The molecule has 0 aromatic heterocycles. The number of benzene rings is 2. The molecule has 0 bridgehead atoms. The molecule has 0 aliphatic carbocycles. The summed E-state index contributed by atoms with van der Waals surface area (Å²) in [5, 5.41) is 3.38. The molecule has 0 spiro atoms. The third-order valence-electron chi connectivity index (χ3n) is 3.54. The van der Waals surface area contributed by atoms with Crippen molar-refractivity contribution in [2.24, 2.45) is 0 Å². The van der Waals surface area contributed by atoms with Gasteiger partial charge in [0.05, 0.1) is 6.61 Å². The van der Waals surface area contributed by atoms with Crippen LogP contribution in [0.15, 0.2) is 48.5 Å². The number of hydrogen-bond donors (Lipinski definition) is 1. The van der Waals surface area contributed by atoms with Gasteiger partial charge in [0.15, 0.2) is 0 Å². The van der Waals surface area contributed by atoms with Crippen LogP contribution in [0.25, 0.3) is 0 Å². The number of para-hydroxylation sites is 1. The lowest BCUT2D eigenvalue weighted by atomic mass is 10.2. The first-order chi connectivity index (χ1) is 10.8. The highest BCUT2D eigenvalue weighted by atomic mass is 19.1. The fraction of sp³-hybridized carbons (Fsp3) is 0.368. The Morgan fingerprint density at radius 2 is 1.73 bits per heavy atom. The Bertz CT molecular complexity index is 554. The van der Waals surface area contributed by atoms with E-state index in [0.717, 1.165) is 36.4 Å². The molecule has 0 atom stereocenters. The minimum absolute atomic E-state index is 0.199. The lowest BCUT2D eigenvalue weighted by Gasteiger charge is -2.12. The minimum Gasteiger partial charge on any atom is -0.493 e. The van der Waals surface area contributed by atoms with Gasteiger partial charge in [-0.1, -0.05) is 50.1 Å². The van der Waals surface area contributed by atoms with E-state index in [1.165, 1.54) is 25.0 Å². The van der Waals surface area contributed by atoms with Crippen molar-refractivity contribution >= 4 is 0 Å². The van der Waals surface area contributed by atoms with Gasteiger partial charge in [-0.05, 0) is 30.2 Å². The highest BCUT2D eigenvalue weighted by Crippen LogP contribution is 2.18. The van der Waals surface area contributed by atoms with Gasteiger partial charge in [0, 0.05) is 18.7 Å². The molecule has 0 radical (unpaired) electrons. The van der Waals surface area contributed by atoms with Crippen molar-refractivity contribution in [2.75, 3.05) is 6.61 Å². The average molecular weight is 301 g/mol. The van der Waals surface area contributed by atoms with Crippen LogP contribution in [0.5, 0.6) is 5.75 Å². The van der Waals surface area contributed by atoms with Gasteiger partial charge in [0.25, 0.3) is 0 Å². The first kappa shape index (κ1) is 16.5. The predicted octanol–water partition coefficient (Wildman–Crippen LogP) is 4.68. The maximum absolute atomic E-state index is 12.9. The van der Waals surface area contributed by atoms with E-state index in [2.05, 4.69) is 18.3 Å². The zero-order valence-electron chi connectivity index (χ0n) is 13.1. The Morgan fingerprint density at radius 1 is 0.955 bits per heavy atom. The Morgan fingerprint density at radius 3 is 2.50 bits per heavy atom. The van der Waals surface area contributed by atoms with Crippen LogP contribution < -0.4 is 10.1 Å². The van der Waals surface area contributed by atoms with Crippen molar-refractivity contribution in [1.82, 2.24) is 5.32 Å². The number of rotatable bonds is 9. The predicted molar refractivity (Wildman–Crippen MR) is 88.4 cm³/mol. The summed E-state index contributed by atoms with van der Waals surface area (Å²) < 4.78 is 18.7. The molecule has 2 aromatic rings. The van der Waals surface area contributed by atoms with Crippen molar-refractivity contribution < 1.29 is 9.13 Å². The third-order valence-corrected chi connectivity index (χ3v) is 3.54. The van der Waals surface area contributed by atoms with Crippen LogP contribution in [0, 0.1) is 5.82 Å². The van der Waals surface area contributed by atoms with E-state index in [1.807, 2.05) is 18.2 Å². The Labute approximate surface area is 132 Å². The first-order valence-corrected chi connectivity index (χ1v) is 7.95. The molecule has 0 aliphatic rings.